The second kappa shape index (κ2) is 10.1. The van der Waals surface area contributed by atoms with Crippen LogP contribution >= 0.6 is 0 Å². The Labute approximate surface area is 144 Å². The molecule has 1 aliphatic carbocycles. The maximum absolute atomic E-state index is 10.1. The van der Waals surface area contributed by atoms with Gasteiger partial charge in [0.1, 0.15) is 0 Å². The third kappa shape index (κ3) is 6.34. The van der Waals surface area contributed by atoms with Gasteiger partial charge in [0.2, 0.25) is 0 Å². The lowest BCUT2D eigenvalue weighted by molar-refractivity contribution is 0.00111. The first-order chi connectivity index (χ1) is 11.7. The van der Waals surface area contributed by atoms with Crippen molar-refractivity contribution in [2.24, 2.45) is 4.99 Å². The minimum absolute atomic E-state index is 0.0410. The smallest absolute Gasteiger partial charge is 0.191 e. The largest absolute Gasteiger partial charge is 0.389 e. The number of rotatable bonds is 8. The number of hydrogen-bond donors (Lipinski definition) is 3. The molecule has 0 aromatic heterocycles. The van der Waals surface area contributed by atoms with Gasteiger partial charge in [-0.3, -0.25) is 4.99 Å². The molecule has 0 radical (unpaired) electrons. The molecule has 0 fully saturated rings. The maximum atomic E-state index is 10.1. The first-order valence-electron chi connectivity index (χ1n) is 8.73. The molecule has 1 aromatic rings. The van der Waals surface area contributed by atoms with Gasteiger partial charge in [-0.15, -0.1) is 0 Å². The van der Waals surface area contributed by atoms with E-state index in [4.69, 9.17) is 4.74 Å². The van der Waals surface area contributed by atoms with Crippen LogP contribution in [0.5, 0.6) is 0 Å². The van der Waals surface area contributed by atoms with Crippen LogP contribution in [-0.2, 0) is 4.74 Å². The van der Waals surface area contributed by atoms with E-state index in [-0.39, 0.29) is 12.7 Å². The van der Waals surface area contributed by atoms with Crippen molar-refractivity contribution in [3.8, 4) is 0 Å². The van der Waals surface area contributed by atoms with Gasteiger partial charge in [0.15, 0.2) is 5.96 Å². The van der Waals surface area contributed by atoms with E-state index in [1.807, 2.05) is 44.2 Å². The third-order valence-corrected chi connectivity index (χ3v) is 3.96. The molecule has 0 bridgehead atoms. The van der Waals surface area contributed by atoms with E-state index in [0.717, 1.165) is 30.9 Å². The number of hydrogen-bond acceptors (Lipinski definition) is 3. The molecular formula is C19H29N3O2. The van der Waals surface area contributed by atoms with Crippen LogP contribution in [0.3, 0.4) is 0 Å². The van der Waals surface area contributed by atoms with E-state index in [0.29, 0.717) is 12.6 Å². The van der Waals surface area contributed by atoms with Crippen molar-refractivity contribution in [1.82, 2.24) is 10.6 Å². The molecule has 1 aromatic carbocycles. The van der Waals surface area contributed by atoms with Crippen LogP contribution in [0.25, 0.3) is 0 Å². The van der Waals surface area contributed by atoms with Crippen LogP contribution in [0.2, 0.25) is 0 Å². The van der Waals surface area contributed by atoms with Gasteiger partial charge in [-0.05, 0) is 32.3 Å². The first-order valence-corrected chi connectivity index (χ1v) is 8.73. The lowest BCUT2D eigenvalue weighted by Crippen LogP contribution is -2.43. The Morgan fingerprint density at radius 2 is 2.00 bits per heavy atom. The van der Waals surface area contributed by atoms with Crippen molar-refractivity contribution >= 4 is 5.96 Å². The van der Waals surface area contributed by atoms with Crippen LogP contribution in [0.15, 0.2) is 47.5 Å². The zero-order valence-corrected chi connectivity index (χ0v) is 14.6. The zero-order chi connectivity index (χ0) is 17.2. The molecule has 1 aliphatic rings. The second-order valence-electron chi connectivity index (χ2n) is 6.04. The first kappa shape index (κ1) is 18.5. The molecule has 0 saturated heterocycles. The van der Waals surface area contributed by atoms with Gasteiger partial charge in [0.05, 0.1) is 25.4 Å². The fourth-order valence-corrected chi connectivity index (χ4v) is 2.57. The molecule has 24 heavy (non-hydrogen) atoms. The summed E-state index contributed by atoms with van der Waals surface area (Å²) in [5.41, 5.74) is 1.11. The Hall–Kier alpha value is -1.85. The lowest BCUT2D eigenvalue weighted by Gasteiger charge is -2.18. The summed E-state index contributed by atoms with van der Waals surface area (Å²) in [5.74, 6) is 0.751. The third-order valence-electron chi connectivity index (χ3n) is 3.96. The fourth-order valence-electron chi connectivity index (χ4n) is 2.57. The van der Waals surface area contributed by atoms with Gasteiger partial charge in [0.25, 0.3) is 0 Å². The number of aliphatic hydroxyl groups is 1. The molecule has 0 spiro atoms. The highest BCUT2D eigenvalue weighted by Gasteiger charge is 2.13. The number of nitrogens with zero attached hydrogens (tertiary/aromatic N) is 1. The van der Waals surface area contributed by atoms with Crippen LogP contribution < -0.4 is 10.6 Å². The average Bonchev–Trinajstić information content (AvgIpc) is 3.11. The number of aliphatic hydroxyl groups excluding tert-OH is 1. The van der Waals surface area contributed by atoms with Crippen LogP contribution in [0.4, 0.5) is 0 Å². The molecular weight excluding hydrogens is 302 g/mol. The number of benzene rings is 1. The van der Waals surface area contributed by atoms with Crippen LogP contribution in [0, 0.1) is 0 Å². The van der Waals surface area contributed by atoms with Gasteiger partial charge in [-0.25, -0.2) is 0 Å². The molecule has 132 valence electrons. The number of nitrogens with one attached hydrogen (secondary N) is 2. The summed E-state index contributed by atoms with van der Waals surface area (Å²) in [6.07, 6.45) is 5.73. The standard InChI is InChI=1S/C19H29N3O2/c1-3-20-19(22-17-11-7-8-12-17)21-13-18(23)14-24-15(2)16-9-5-4-6-10-16/h4-10,15,17-18,23H,3,11-14H2,1-2H3,(H2,20,21,22). The molecule has 3 N–H and O–H groups in total. The second-order valence-corrected chi connectivity index (χ2v) is 6.04. The fraction of sp³-hybridized carbons (Fsp3) is 0.526. The summed E-state index contributed by atoms with van der Waals surface area (Å²) in [6, 6.07) is 10.4. The Morgan fingerprint density at radius 1 is 1.29 bits per heavy atom. The van der Waals surface area contributed by atoms with E-state index in [1.165, 1.54) is 0 Å². The van der Waals surface area contributed by atoms with Crippen molar-refractivity contribution in [2.45, 2.75) is 44.9 Å². The SMILES string of the molecule is CCNC(=NCC(O)COC(C)c1ccccc1)NC1CC=CC1. The Morgan fingerprint density at radius 3 is 2.67 bits per heavy atom. The number of guanidine groups is 1. The summed E-state index contributed by atoms with van der Waals surface area (Å²) < 4.78 is 5.75. The minimum Gasteiger partial charge on any atom is -0.389 e. The highest BCUT2D eigenvalue weighted by Crippen LogP contribution is 2.16. The highest BCUT2D eigenvalue weighted by molar-refractivity contribution is 5.80. The molecule has 2 atom stereocenters. The van der Waals surface area contributed by atoms with E-state index in [9.17, 15) is 5.11 Å². The van der Waals surface area contributed by atoms with Crippen molar-refractivity contribution < 1.29 is 9.84 Å². The monoisotopic (exact) mass is 331 g/mol. The van der Waals surface area contributed by atoms with Crippen molar-refractivity contribution in [3.05, 3.63) is 48.0 Å². The van der Waals surface area contributed by atoms with Crippen LogP contribution in [-0.4, -0.2) is 42.9 Å². The molecule has 2 rings (SSSR count). The van der Waals surface area contributed by atoms with Gasteiger partial charge in [-0.2, -0.15) is 0 Å². The highest BCUT2D eigenvalue weighted by atomic mass is 16.5. The van der Waals surface area contributed by atoms with Gasteiger partial charge in [-0.1, -0.05) is 42.5 Å². The number of aliphatic imine (C=N–C) groups is 1. The van der Waals surface area contributed by atoms with Gasteiger partial charge >= 0.3 is 0 Å². The summed E-state index contributed by atoms with van der Waals surface area (Å²) in [4.78, 5) is 4.46. The van der Waals surface area contributed by atoms with E-state index < -0.39 is 6.10 Å². The lowest BCUT2D eigenvalue weighted by atomic mass is 10.1. The van der Waals surface area contributed by atoms with E-state index >= 15 is 0 Å². The van der Waals surface area contributed by atoms with Crippen molar-refractivity contribution in [3.63, 3.8) is 0 Å². The predicted octanol–water partition coefficient (Wildman–Crippen LogP) is 2.40. The van der Waals surface area contributed by atoms with Gasteiger partial charge < -0.3 is 20.5 Å². The van der Waals surface area contributed by atoms with E-state index in [2.05, 4.69) is 27.8 Å². The molecule has 0 saturated carbocycles. The topological polar surface area (TPSA) is 65.9 Å². The van der Waals surface area contributed by atoms with Crippen molar-refractivity contribution in [1.29, 1.82) is 0 Å². The van der Waals surface area contributed by atoms with Crippen LogP contribution in [0.1, 0.15) is 38.4 Å². The van der Waals surface area contributed by atoms with Gasteiger partial charge in [0, 0.05) is 12.6 Å². The molecule has 5 nitrogen and oxygen atoms in total. The normalized spacial score (nSPS) is 17.7. The maximum Gasteiger partial charge on any atom is 0.191 e. The molecule has 2 unspecified atom stereocenters. The zero-order valence-electron chi connectivity index (χ0n) is 14.6. The summed E-state index contributed by atoms with van der Waals surface area (Å²) in [7, 11) is 0. The summed E-state index contributed by atoms with van der Waals surface area (Å²) in [6.45, 7) is 5.40. The molecule has 5 heteroatoms. The summed E-state index contributed by atoms with van der Waals surface area (Å²) in [5, 5.41) is 16.7. The van der Waals surface area contributed by atoms with Crippen molar-refractivity contribution in [2.75, 3.05) is 19.7 Å². The molecule has 0 amide bonds. The summed E-state index contributed by atoms with van der Waals surface area (Å²) >= 11 is 0. The Bertz CT molecular complexity index is 523. The quantitative estimate of drug-likeness (QED) is 0.389. The minimum atomic E-state index is -0.617. The Balaban J connectivity index is 1.75. The van der Waals surface area contributed by atoms with E-state index in [1.54, 1.807) is 0 Å². The molecule has 0 aliphatic heterocycles. The number of ether oxygens (including phenoxy) is 1. The average molecular weight is 331 g/mol. The molecule has 0 heterocycles. The predicted molar refractivity (Wildman–Crippen MR) is 98.1 cm³/mol. The Kier molecular flexibility index (Phi) is 7.79.